The molecule has 0 radical (unpaired) electrons. The number of thioether (sulfide) groups is 1. The summed E-state index contributed by atoms with van der Waals surface area (Å²) in [5.41, 5.74) is 1.14. The normalized spacial score (nSPS) is 14.8. The van der Waals surface area contributed by atoms with Crippen molar-refractivity contribution in [2.75, 3.05) is 20.3 Å². The number of methoxy groups -OCH3 is 1. The zero-order valence-corrected chi connectivity index (χ0v) is 21.2. The Hall–Kier alpha value is -3.53. The monoisotopic (exact) mass is 543 g/mol. The number of azo groups is 1. The molecule has 1 N–H and O–H groups in total. The van der Waals surface area contributed by atoms with E-state index in [4.69, 9.17) is 32.7 Å². The van der Waals surface area contributed by atoms with Gasteiger partial charge in [-0.2, -0.15) is 5.11 Å². The highest BCUT2D eigenvalue weighted by atomic mass is 35.5. The first kappa shape index (κ1) is 25.6. The molecule has 0 aromatic heterocycles. The predicted molar refractivity (Wildman–Crippen MR) is 140 cm³/mol. The number of aromatic hydroxyl groups is 1. The van der Waals surface area contributed by atoms with E-state index in [1.165, 1.54) is 19.3 Å². The number of ether oxygens (including phenoxy) is 2. The van der Waals surface area contributed by atoms with E-state index in [2.05, 4.69) is 10.2 Å². The zero-order valence-electron chi connectivity index (χ0n) is 18.9. The van der Waals surface area contributed by atoms with Crippen molar-refractivity contribution in [3.8, 4) is 17.2 Å². The molecule has 1 fully saturated rings. The van der Waals surface area contributed by atoms with Crippen LogP contribution >= 0.6 is 35.0 Å². The van der Waals surface area contributed by atoms with Crippen molar-refractivity contribution >= 4 is 63.6 Å². The number of amides is 2. The average Bonchev–Trinajstić information content (AvgIpc) is 3.13. The fourth-order valence-corrected chi connectivity index (χ4v) is 4.51. The maximum atomic E-state index is 12.8. The predicted octanol–water partition coefficient (Wildman–Crippen LogP) is 7.24. The topological polar surface area (TPSA) is 101 Å². The fraction of sp³-hybridized carbons (Fsp3) is 0.120. The maximum absolute atomic E-state index is 12.8. The van der Waals surface area contributed by atoms with E-state index < -0.39 is 11.1 Å². The van der Waals surface area contributed by atoms with Crippen molar-refractivity contribution in [1.82, 2.24) is 4.90 Å². The fourth-order valence-electron chi connectivity index (χ4n) is 3.21. The standard InChI is InChI=1S/C25H19Cl2N3O5S/c1-34-21-4-2-3-5-22(21)35-11-10-30-24(32)23(36-25(30)33)13-15-12-17(7-9-20(15)31)28-29-19-8-6-16(26)14-18(19)27/h2-9,12-14,31H,10-11H2,1H3/b23-13-,29-28?. The molecule has 11 heteroatoms. The van der Waals surface area contributed by atoms with Crippen LogP contribution in [0.25, 0.3) is 6.08 Å². The minimum Gasteiger partial charge on any atom is -0.507 e. The number of phenols is 1. The Labute approximate surface area is 221 Å². The number of hydrogen-bond acceptors (Lipinski definition) is 8. The number of imide groups is 1. The average molecular weight is 544 g/mol. The Morgan fingerprint density at radius 3 is 2.56 bits per heavy atom. The lowest BCUT2D eigenvalue weighted by atomic mass is 10.1. The Kier molecular flexibility index (Phi) is 8.14. The van der Waals surface area contributed by atoms with Crippen molar-refractivity contribution in [2.24, 2.45) is 10.2 Å². The van der Waals surface area contributed by atoms with Gasteiger partial charge in [-0.15, -0.1) is 5.11 Å². The van der Waals surface area contributed by atoms with E-state index in [0.717, 1.165) is 16.7 Å². The molecule has 184 valence electrons. The Bertz CT molecular complexity index is 1380. The minimum absolute atomic E-state index is 0.0577. The van der Waals surface area contributed by atoms with Crippen LogP contribution in [0.15, 0.2) is 75.8 Å². The van der Waals surface area contributed by atoms with Gasteiger partial charge >= 0.3 is 0 Å². The number of benzene rings is 3. The zero-order chi connectivity index (χ0) is 25.7. The van der Waals surface area contributed by atoms with Crippen LogP contribution in [0.4, 0.5) is 16.2 Å². The van der Waals surface area contributed by atoms with Crippen LogP contribution in [-0.2, 0) is 4.79 Å². The van der Waals surface area contributed by atoms with Gasteiger partial charge in [0, 0.05) is 10.6 Å². The van der Waals surface area contributed by atoms with E-state index in [0.29, 0.717) is 38.5 Å². The molecule has 1 heterocycles. The molecular formula is C25H19Cl2N3O5S. The summed E-state index contributed by atoms with van der Waals surface area (Å²) < 4.78 is 10.9. The molecule has 3 aromatic rings. The molecule has 0 atom stereocenters. The number of halogens is 2. The number of phenolic OH excluding ortho intramolecular Hbond substituents is 1. The molecule has 1 saturated heterocycles. The Morgan fingerprint density at radius 2 is 1.81 bits per heavy atom. The molecule has 0 bridgehead atoms. The molecule has 8 nitrogen and oxygen atoms in total. The summed E-state index contributed by atoms with van der Waals surface area (Å²) in [7, 11) is 1.53. The lowest BCUT2D eigenvalue weighted by molar-refractivity contribution is -0.123. The van der Waals surface area contributed by atoms with Gasteiger partial charge in [0.25, 0.3) is 11.1 Å². The summed E-state index contributed by atoms with van der Waals surface area (Å²) in [5, 5.41) is 18.9. The molecule has 36 heavy (non-hydrogen) atoms. The van der Waals surface area contributed by atoms with E-state index >= 15 is 0 Å². The molecule has 4 rings (SSSR count). The van der Waals surface area contributed by atoms with Crippen molar-refractivity contribution in [3.05, 3.63) is 81.2 Å². The molecule has 0 aliphatic carbocycles. The van der Waals surface area contributed by atoms with Crippen LogP contribution in [0, 0.1) is 0 Å². The van der Waals surface area contributed by atoms with Gasteiger partial charge in [0.1, 0.15) is 18.0 Å². The van der Waals surface area contributed by atoms with Gasteiger partial charge in [-0.25, -0.2) is 0 Å². The summed E-state index contributed by atoms with van der Waals surface area (Å²) >= 11 is 12.8. The Morgan fingerprint density at radius 1 is 1.03 bits per heavy atom. The lowest BCUT2D eigenvalue weighted by Crippen LogP contribution is -2.32. The molecule has 3 aromatic carbocycles. The Balaban J connectivity index is 1.46. The lowest BCUT2D eigenvalue weighted by Gasteiger charge is -2.14. The number of para-hydroxylation sites is 2. The van der Waals surface area contributed by atoms with E-state index in [1.54, 1.807) is 48.5 Å². The van der Waals surface area contributed by atoms with E-state index in [1.807, 2.05) is 6.07 Å². The van der Waals surface area contributed by atoms with Crippen LogP contribution in [0.5, 0.6) is 17.2 Å². The van der Waals surface area contributed by atoms with Crippen molar-refractivity contribution in [2.45, 2.75) is 0 Å². The highest BCUT2D eigenvalue weighted by Crippen LogP contribution is 2.36. The first-order valence-electron chi connectivity index (χ1n) is 10.6. The third-order valence-electron chi connectivity index (χ3n) is 5.00. The quantitative estimate of drug-likeness (QED) is 0.237. The van der Waals surface area contributed by atoms with Gasteiger partial charge in [-0.3, -0.25) is 14.5 Å². The number of hydrogen-bond donors (Lipinski definition) is 1. The largest absolute Gasteiger partial charge is 0.507 e. The second kappa shape index (κ2) is 11.5. The van der Waals surface area contributed by atoms with Gasteiger partial charge < -0.3 is 14.6 Å². The van der Waals surface area contributed by atoms with Crippen LogP contribution in [0.3, 0.4) is 0 Å². The van der Waals surface area contributed by atoms with Gasteiger partial charge in [-0.1, -0.05) is 35.3 Å². The van der Waals surface area contributed by atoms with Crippen LogP contribution in [0.2, 0.25) is 10.0 Å². The number of carbonyl (C=O) groups excluding carboxylic acids is 2. The number of nitrogens with zero attached hydrogens (tertiary/aromatic N) is 3. The van der Waals surface area contributed by atoms with Crippen molar-refractivity contribution in [3.63, 3.8) is 0 Å². The molecule has 0 unspecified atom stereocenters. The second-order valence-electron chi connectivity index (χ2n) is 7.37. The first-order valence-corrected chi connectivity index (χ1v) is 12.1. The highest BCUT2D eigenvalue weighted by molar-refractivity contribution is 8.18. The molecular weight excluding hydrogens is 525 g/mol. The van der Waals surface area contributed by atoms with Crippen molar-refractivity contribution in [1.29, 1.82) is 0 Å². The summed E-state index contributed by atoms with van der Waals surface area (Å²) in [6, 6.07) is 16.4. The molecule has 0 spiro atoms. The van der Waals surface area contributed by atoms with Crippen molar-refractivity contribution < 1.29 is 24.2 Å². The van der Waals surface area contributed by atoms with Gasteiger partial charge in [0.05, 0.1) is 29.3 Å². The summed E-state index contributed by atoms with van der Waals surface area (Å²) in [6.07, 6.45) is 1.44. The van der Waals surface area contributed by atoms with Gasteiger partial charge in [0.2, 0.25) is 0 Å². The second-order valence-corrected chi connectivity index (χ2v) is 9.21. The van der Waals surface area contributed by atoms with Crippen LogP contribution in [-0.4, -0.2) is 41.4 Å². The third-order valence-corrected chi connectivity index (χ3v) is 6.44. The maximum Gasteiger partial charge on any atom is 0.293 e. The third kappa shape index (κ3) is 5.99. The SMILES string of the molecule is COc1ccccc1OCCN1C(=O)S/C(=C\c2cc(N=Nc3ccc(Cl)cc3Cl)ccc2O)C1=O. The van der Waals surface area contributed by atoms with Gasteiger partial charge in [-0.05, 0) is 66.4 Å². The first-order chi connectivity index (χ1) is 17.4. The van der Waals surface area contributed by atoms with Gasteiger partial charge in [0.15, 0.2) is 11.5 Å². The summed E-state index contributed by atoms with van der Waals surface area (Å²) in [4.78, 5) is 26.6. The van der Waals surface area contributed by atoms with Crippen LogP contribution < -0.4 is 9.47 Å². The molecule has 1 aliphatic heterocycles. The smallest absolute Gasteiger partial charge is 0.293 e. The van der Waals surface area contributed by atoms with Crippen LogP contribution in [0.1, 0.15) is 5.56 Å². The summed E-state index contributed by atoms with van der Waals surface area (Å²) in [6.45, 7) is 0.155. The van der Waals surface area contributed by atoms with E-state index in [-0.39, 0.29) is 23.8 Å². The van der Waals surface area contributed by atoms with E-state index in [9.17, 15) is 14.7 Å². The number of carbonyl (C=O) groups is 2. The molecule has 0 saturated carbocycles. The minimum atomic E-state index is -0.479. The molecule has 1 aliphatic rings. The highest BCUT2D eigenvalue weighted by Gasteiger charge is 2.35. The number of rotatable bonds is 8. The summed E-state index contributed by atoms with van der Waals surface area (Å²) in [5.74, 6) is 0.508. The molecule has 2 amide bonds.